The van der Waals surface area contributed by atoms with Gasteiger partial charge >= 0.3 is 0 Å². The summed E-state index contributed by atoms with van der Waals surface area (Å²) in [6, 6.07) is 8.45. The molecule has 2 saturated heterocycles. The van der Waals surface area contributed by atoms with E-state index < -0.39 is 0 Å². The van der Waals surface area contributed by atoms with Gasteiger partial charge in [0.2, 0.25) is 0 Å². The molecule has 0 spiro atoms. The molecule has 1 aromatic rings. The molecular formula is C21H32N2O. The van der Waals surface area contributed by atoms with Crippen LogP contribution in [0, 0.1) is 6.92 Å². The standard InChI is InChI=1S/C21H32N2O/c1-18-10-4-5-12-20(18)21(24)23-16-9-6-11-19(23)13-17-22-14-7-2-3-8-15-22/h4-5,10,12,19H,2-3,6-9,11,13-17H2,1H3/t19-/m0/s1. The summed E-state index contributed by atoms with van der Waals surface area (Å²) in [6.45, 7) is 6.63. The van der Waals surface area contributed by atoms with E-state index in [1.165, 1.54) is 51.6 Å². The lowest BCUT2D eigenvalue weighted by molar-refractivity contribution is 0.0583. The van der Waals surface area contributed by atoms with E-state index in [0.717, 1.165) is 37.1 Å². The first-order chi connectivity index (χ1) is 11.8. The smallest absolute Gasteiger partial charge is 0.254 e. The largest absolute Gasteiger partial charge is 0.336 e. The molecule has 132 valence electrons. The number of hydrogen-bond donors (Lipinski definition) is 0. The van der Waals surface area contributed by atoms with Crippen molar-refractivity contribution in [2.75, 3.05) is 26.2 Å². The normalized spacial score (nSPS) is 23.0. The van der Waals surface area contributed by atoms with E-state index in [4.69, 9.17) is 0 Å². The summed E-state index contributed by atoms with van der Waals surface area (Å²) < 4.78 is 0. The second-order valence-corrected chi connectivity index (χ2v) is 7.51. The van der Waals surface area contributed by atoms with Crippen molar-refractivity contribution >= 4 is 5.91 Å². The molecule has 0 aliphatic carbocycles. The molecule has 3 nitrogen and oxygen atoms in total. The first-order valence-corrected chi connectivity index (χ1v) is 9.84. The predicted molar refractivity (Wildman–Crippen MR) is 99.4 cm³/mol. The van der Waals surface area contributed by atoms with Crippen LogP contribution in [-0.4, -0.2) is 47.9 Å². The molecule has 0 unspecified atom stereocenters. The summed E-state index contributed by atoms with van der Waals surface area (Å²) >= 11 is 0. The minimum absolute atomic E-state index is 0.244. The Bertz CT molecular complexity index is 534. The molecule has 0 aromatic heterocycles. The average molecular weight is 329 g/mol. The minimum Gasteiger partial charge on any atom is -0.336 e. The summed E-state index contributed by atoms with van der Waals surface area (Å²) in [4.78, 5) is 17.8. The molecule has 0 N–H and O–H groups in total. The van der Waals surface area contributed by atoms with Crippen molar-refractivity contribution in [2.24, 2.45) is 0 Å². The van der Waals surface area contributed by atoms with Gasteiger partial charge in [0.15, 0.2) is 0 Å². The van der Waals surface area contributed by atoms with Crippen molar-refractivity contribution in [3.8, 4) is 0 Å². The Morgan fingerprint density at radius 2 is 1.71 bits per heavy atom. The van der Waals surface area contributed by atoms with E-state index in [0.29, 0.717) is 6.04 Å². The average Bonchev–Trinajstić information content (AvgIpc) is 2.89. The second-order valence-electron chi connectivity index (χ2n) is 7.51. The quantitative estimate of drug-likeness (QED) is 0.824. The molecule has 2 aliphatic rings. The van der Waals surface area contributed by atoms with E-state index in [-0.39, 0.29) is 5.91 Å². The maximum atomic E-state index is 13.0. The van der Waals surface area contributed by atoms with Crippen molar-refractivity contribution in [3.63, 3.8) is 0 Å². The molecule has 3 heteroatoms. The number of carbonyl (C=O) groups is 1. The number of rotatable bonds is 4. The molecule has 1 aromatic carbocycles. The third-order valence-electron chi connectivity index (χ3n) is 5.74. The van der Waals surface area contributed by atoms with Crippen LogP contribution in [0.2, 0.25) is 0 Å². The third kappa shape index (κ3) is 4.38. The summed E-state index contributed by atoms with van der Waals surface area (Å²) in [6.07, 6.45) is 10.2. The number of benzene rings is 1. The molecule has 0 bridgehead atoms. The van der Waals surface area contributed by atoms with E-state index in [2.05, 4.69) is 9.80 Å². The van der Waals surface area contributed by atoms with Gasteiger partial charge in [0.1, 0.15) is 0 Å². The molecule has 1 amide bonds. The van der Waals surface area contributed by atoms with Gasteiger partial charge in [0.05, 0.1) is 0 Å². The van der Waals surface area contributed by atoms with Crippen LogP contribution in [0.15, 0.2) is 24.3 Å². The fourth-order valence-corrected chi connectivity index (χ4v) is 4.23. The third-order valence-corrected chi connectivity index (χ3v) is 5.74. The van der Waals surface area contributed by atoms with Crippen LogP contribution >= 0.6 is 0 Å². The van der Waals surface area contributed by atoms with Gasteiger partial charge in [-0.05, 0) is 70.2 Å². The van der Waals surface area contributed by atoms with Gasteiger partial charge in [-0.25, -0.2) is 0 Å². The van der Waals surface area contributed by atoms with Gasteiger partial charge in [0, 0.05) is 24.7 Å². The summed E-state index contributed by atoms with van der Waals surface area (Å²) in [5, 5.41) is 0. The van der Waals surface area contributed by atoms with Crippen molar-refractivity contribution in [1.29, 1.82) is 0 Å². The summed E-state index contributed by atoms with van der Waals surface area (Å²) in [5.74, 6) is 0.244. The van der Waals surface area contributed by atoms with Crippen molar-refractivity contribution in [2.45, 2.75) is 64.3 Å². The Morgan fingerprint density at radius 1 is 1.00 bits per heavy atom. The molecule has 0 saturated carbocycles. The number of aryl methyl sites for hydroxylation is 1. The van der Waals surface area contributed by atoms with Crippen LogP contribution in [0.5, 0.6) is 0 Å². The highest BCUT2D eigenvalue weighted by molar-refractivity contribution is 5.95. The Kier molecular flexibility index (Phi) is 6.30. The van der Waals surface area contributed by atoms with Crippen LogP contribution in [0.1, 0.15) is 67.3 Å². The van der Waals surface area contributed by atoms with Crippen LogP contribution in [-0.2, 0) is 0 Å². The van der Waals surface area contributed by atoms with Crippen LogP contribution in [0.3, 0.4) is 0 Å². The molecule has 2 fully saturated rings. The zero-order chi connectivity index (χ0) is 16.8. The van der Waals surface area contributed by atoms with Gasteiger partial charge in [-0.1, -0.05) is 31.0 Å². The van der Waals surface area contributed by atoms with Crippen LogP contribution in [0.4, 0.5) is 0 Å². The zero-order valence-electron chi connectivity index (χ0n) is 15.2. The van der Waals surface area contributed by atoms with E-state index in [1.807, 2.05) is 31.2 Å². The number of nitrogens with zero attached hydrogens (tertiary/aromatic N) is 2. The molecule has 2 aliphatic heterocycles. The van der Waals surface area contributed by atoms with Gasteiger partial charge in [0.25, 0.3) is 5.91 Å². The number of amides is 1. The lowest BCUT2D eigenvalue weighted by Gasteiger charge is -2.37. The maximum Gasteiger partial charge on any atom is 0.254 e. The van der Waals surface area contributed by atoms with Gasteiger partial charge in [-0.2, -0.15) is 0 Å². The first kappa shape index (κ1) is 17.5. The Balaban J connectivity index is 1.62. The molecule has 2 heterocycles. The van der Waals surface area contributed by atoms with Crippen molar-refractivity contribution < 1.29 is 4.79 Å². The molecule has 24 heavy (non-hydrogen) atoms. The molecule has 3 rings (SSSR count). The number of hydrogen-bond acceptors (Lipinski definition) is 2. The predicted octanol–water partition coefficient (Wildman–Crippen LogP) is 4.26. The zero-order valence-corrected chi connectivity index (χ0v) is 15.2. The highest BCUT2D eigenvalue weighted by atomic mass is 16.2. The Labute approximate surface area is 147 Å². The number of carbonyl (C=O) groups excluding carboxylic acids is 1. The SMILES string of the molecule is Cc1ccccc1C(=O)N1CCCC[C@H]1CCN1CCCCCC1. The van der Waals surface area contributed by atoms with E-state index >= 15 is 0 Å². The topological polar surface area (TPSA) is 23.6 Å². The number of likely N-dealkylation sites (tertiary alicyclic amines) is 2. The van der Waals surface area contributed by atoms with Gasteiger partial charge in [-0.3, -0.25) is 4.79 Å². The Morgan fingerprint density at radius 3 is 2.46 bits per heavy atom. The number of piperidine rings is 1. The van der Waals surface area contributed by atoms with E-state index in [1.54, 1.807) is 0 Å². The second kappa shape index (κ2) is 8.66. The van der Waals surface area contributed by atoms with E-state index in [9.17, 15) is 4.79 Å². The first-order valence-electron chi connectivity index (χ1n) is 9.84. The van der Waals surface area contributed by atoms with Crippen LogP contribution in [0.25, 0.3) is 0 Å². The monoisotopic (exact) mass is 328 g/mol. The molecular weight excluding hydrogens is 296 g/mol. The maximum absolute atomic E-state index is 13.0. The fraction of sp³-hybridized carbons (Fsp3) is 0.667. The van der Waals surface area contributed by atoms with Crippen molar-refractivity contribution in [1.82, 2.24) is 9.80 Å². The lowest BCUT2D eigenvalue weighted by Crippen LogP contribution is -2.45. The summed E-state index contributed by atoms with van der Waals surface area (Å²) in [7, 11) is 0. The molecule has 1 atom stereocenters. The molecule has 0 radical (unpaired) electrons. The van der Waals surface area contributed by atoms with Gasteiger partial charge in [-0.15, -0.1) is 0 Å². The van der Waals surface area contributed by atoms with Crippen LogP contribution < -0.4 is 0 Å². The highest BCUT2D eigenvalue weighted by Crippen LogP contribution is 2.24. The highest BCUT2D eigenvalue weighted by Gasteiger charge is 2.28. The summed E-state index contributed by atoms with van der Waals surface area (Å²) in [5.41, 5.74) is 1.98. The minimum atomic E-state index is 0.244. The van der Waals surface area contributed by atoms with Gasteiger partial charge < -0.3 is 9.80 Å². The Hall–Kier alpha value is -1.35. The lowest BCUT2D eigenvalue weighted by atomic mass is 9.97. The van der Waals surface area contributed by atoms with Crippen molar-refractivity contribution in [3.05, 3.63) is 35.4 Å². The fourth-order valence-electron chi connectivity index (χ4n) is 4.23.